The van der Waals surface area contributed by atoms with Crippen molar-refractivity contribution >= 4 is 50.7 Å². The molecule has 11 heteroatoms. The second-order valence-corrected chi connectivity index (χ2v) is 14.0. The predicted octanol–water partition coefficient (Wildman–Crippen LogP) is 7.06. The van der Waals surface area contributed by atoms with Crippen LogP contribution in [0.15, 0.2) is 102 Å². The molecule has 0 heterocycles. The number of halogens is 2. The normalized spacial score (nSPS) is 12.6. The van der Waals surface area contributed by atoms with Crippen LogP contribution in [-0.4, -0.2) is 50.9 Å². The number of aryl methyl sites for hydroxylation is 1. The van der Waals surface area contributed by atoms with E-state index in [0.717, 1.165) is 15.4 Å². The zero-order chi connectivity index (χ0) is 34.1. The molecule has 0 saturated heterocycles. The number of benzene rings is 4. The summed E-state index contributed by atoms with van der Waals surface area (Å²) in [4.78, 5) is 30.0. The van der Waals surface area contributed by atoms with E-state index in [9.17, 15) is 18.0 Å². The van der Waals surface area contributed by atoms with Gasteiger partial charge in [-0.25, -0.2) is 8.42 Å². The minimum Gasteiger partial charge on any atom is -0.497 e. The fraction of sp³-hybridized carbons (Fsp3) is 0.278. The predicted molar refractivity (Wildman–Crippen MR) is 188 cm³/mol. The van der Waals surface area contributed by atoms with Crippen LogP contribution in [-0.2, 0) is 32.6 Å². The van der Waals surface area contributed by atoms with Crippen LogP contribution in [0.25, 0.3) is 0 Å². The topological polar surface area (TPSA) is 96.0 Å². The molecule has 8 nitrogen and oxygen atoms in total. The van der Waals surface area contributed by atoms with Crippen molar-refractivity contribution in [2.45, 2.75) is 57.1 Å². The summed E-state index contributed by atoms with van der Waals surface area (Å²) in [5, 5.41) is 3.66. The van der Waals surface area contributed by atoms with Gasteiger partial charge in [-0.05, 0) is 79.9 Å². The van der Waals surface area contributed by atoms with Crippen molar-refractivity contribution in [1.82, 2.24) is 10.2 Å². The molecule has 0 aromatic heterocycles. The molecule has 0 saturated carbocycles. The van der Waals surface area contributed by atoms with E-state index in [0.29, 0.717) is 27.8 Å². The van der Waals surface area contributed by atoms with Crippen LogP contribution in [0.4, 0.5) is 5.69 Å². The van der Waals surface area contributed by atoms with Gasteiger partial charge in [0.05, 0.1) is 27.7 Å². The lowest BCUT2D eigenvalue weighted by molar-refractivity contribution is -0.140. The van der Waals surface area contributed by atoms with E-state index in [-0.39, 0.29) is 35.5 Å². The van der Waals surface area contributed by atoms with Crippen LogP contribution in [0, 0.1) is 6.92 Å². The highest BCUT2D eigenvalue weighted by Gasteiger charge is 2.35. The molecule has 4 aromatic rings. The lowest BCUT2D eigenvalue weighted by Crippen LogP contribution is -2.54. The number of rotatable bonds is 14. The Bertz CT molecular complexity index is 1770. The van der Waals surface area contributed by atoms with Gasteiger partial charge in [-0.2, -0.15) is 0 Å². The van der Waals surface area contributed by atoms with Crippen molar-refractivity contribution in [1.29, 1.82) is 0 Å². The largest absolute Gasteiger partial charge is 0.497 e. The lowest BCUT2D eigenvalue weighted by Gasteiger charge is -2.34. The van der Waals surface area contributed by atoms with Crippen LogP contribution in [0.2, 0.25) is 10.0 Å². The molecule has 4 rings (SSSR count). The van der Waals surface area contributed by atoms with E-state index in [1.54, 1.807) is 54.6 Å². The van der Waals surface area contributed by atoms with Crippen molar-refractivity contribution in [3.63, 3.8) is 0 Å². The summed E-state index contributed by atoms with van der Waals surface area (Å²) in [5.74, 6) is -0.407. The third-order valence-corrected chi connectivity index (χ3v) is 10.4. The second kappa shape index (κ2) is 16.2. The Kier molecular flexibility index (Phi) is 12.3. The van der Waals surface area contributed by atoms with Gasteiger partial charge in [-0.1, -0.05) is 84.2 Å². The Balaban J connectivity index is 1.82. The number of methoxy groups -OCH3 is 1. The van der Waals surface area contributed by atoms with Gasteiger partial charge in [-0.15, -0.1) is 0 Å². The number of anilines is 1. The van der Waals surface area contributed by atoms with Gasteiger partial charge in [0.15, 0.2) is 0 Å². The molecule has 248 valence electrons. The molecule has 2 amide bonds. The number of carbonyl (C=O) groups excluding carboxylic acids is 2. The van der Waals surface area contributed by atoms with E-state index in [1.807, 2.05) is 51.1 Å². The van der Waals surface area contributed by atoms with Crippen LogP contribution < -0.4 is 14.4 Å². The van der Waals surface area contributed by atoms with Crippen molar-refractivity contribution in [3.8, 4) is 5.75 Å². The van der Waals surface area contributed by atoms with Crippen molar-refractivity contribution in [3.05, 3.63) is 124 Å². The summed E-state index contributed by atoms with van der Waals surface area (Å²) >= 11 is 12.5. The molecule has 0 fully saturated rings. The Morgan fingerprint density at radius 3 is 2.13 bits per heavy atom. The molecule has 0 spiro atoms. The zero-order valence-electron chi connectivity index (χ0n) is 26.8. The Morgan fingerprint density at radius 1 is 0.872 bits per heavy atom. The first-order chi connectivity index (χ1) is 22.4. The molecule has 0 bridgehead atoms. The van der Waals surface area contributed by atoms with Gasteiger partial charge in [-0.3, -0.25) is 13.9 Å². The summed E-state index contributed by atoms with van der Waals surface area (Å²) < 4.78 is 34.7. The number of hydrogen-bond donors (Lipinski definition) is 1. The van der Waals surface area contributed by atoms with Crippen LogP contribution >= 0.6 is 23.2 Å². The van der Waals surface area contributed by atoms with E-state index in [1.165, 1.54) is 24.1 Å². The first kappa shape index (κ1) is 35.8. The first-order valence-corrected chi connectivity index (χ1v) is 17.4. The Labute approximate surface area is 287 Å². The average molecular weight is 697 g/mol. The van der Waals surface area contributed by atoms with Gasteiger partial charge < -0.3 is 15.0 Å². The van der Waals surface area contributed by atoms with E-state index >= 15 is 0 Å². The standard InChI is InChI=1S/C36H39Cl2N3O5S/c1-5-26(3)39-36(43)34(22-27-9-7-6-8-10-27)40(23-28-13-20-32(37)33(38)21-28)35(42)24-41(29-14-16-30(46-4)17-15-29)47(44,45)31-18-11-25(2)12-19-31/h6-21,26,34H,5,22-24H2,1-4H3,(H,39,43). The van der Waals surface area contributed by atoms with Crippen LogP contribution in [0.1, 0.15) is 37.0 Å². The molecule has 0 radical (unpaired) electrons. The molecule has 0 aliphatic rings. The molecular weight excluding hydrogens is 657 g/mol. The number of amides is 2. The summed E-state index contributed by atoms with van der Waals surface area (Å²) in [5.41, 5.74) is 2.61. The fourth-order valence-electron chi connectivity index (χ4n) is 4.94. The Morgan fingerprint density at radius 2 is 1.53 bits per heavy atom. The monoisotopic (exact) mass is 695 g/mol. The van der Waals surface area contributed by atoms with E-state index < -0.39 is 28.5 Å². The van der Waals surface area contributed by atoms with Crippen LogP contribution in [0.3, 0.4) is 0 Å². The number of carbonyl (C=O) groups is 2. The smallest absolute Gasteiger partial charge is 0.264 e. The maximum absolute atomic E-state index is 14.6. The number of nitrogens with one attached hydrogen (secondary N) is 1. The minimum absolute atomic E-state index is 0.0256. The van der Waals surface area contributed by atoms with Crippen molar-refractivity contribution in [2.75, 3.05) is 18.0 Å². The molecule has 0 aliphatic heterocycles. The average Bonchev–Trinajstić information content (AvgIpc) is 3.07. The highest BCUT2D eigenvalue weighted by atomic mass is 35.5. The molecule has 47 heavy (non-hydrogen) atoms. The first-order valence-electron chi connectivity index (χ1n) is 15.2. The fourth-order valence-corrected chi connectivity index (χ4v) is 6.68. The summed E-state index contributed by atoms with van der Waals surface area (Å²) in [6.45, 7) is 5.11. The van der Waals surface area contributed by atoms with Gasteiger partial charge in [0, 0.05) is 19.0 Å². The number of sulfonamides is 1. The van der Waals surface area contributed by atoms with Gasteiger partial charge in [0.2, 0.25) is 11.8 Å². The third kappa shape index (κ3) is 9.28. The lowest BCUT2D eigenvalue weighted by atomic mass is 10.0. The van der Waals surface area contributed by atoms with Crippen molar-refractivity contribution in [2.24, 2.45) is 0 Å². The number of ether oxygens (including phenoxy) is 1. The molecule has 2 atom stereocenters. The van der Waals surface area contributed by atoms with Crippen LogP contribution in [0.5, 0.6) is 5.75 Å². The molecule has 0 aliphatic carbocycles. The SMILES string of the molecule is CCC(C)NC(=O)C(Cc1ccccc1)N(Cc1ccc(Cl)c(Cl)c1)C(=O)CN(c1ccc(OC)cc1)S(=O)(=O)c1ccc(C)cc1. The van der Waals surface area contributed by atoms with Gasteiger partial charge >= 0.3 is 0 Å². The highest BCUT2D eigenvalue weighted by Crippen LogP contribution is 2.28. The second-order valence-electron chi connectivity index (χ2n) is 11.3. The molecule has 4 aromatic carbocycles. The maximum atomic E-state index is 14.6. The third-order valence-electron chi connectivity index (χ3n) is 7.86. The van der Waals surface area contributed by atoms with E-state index in [2.05, 4.69) is 5.32 Å². The zero-order valence-corrected chi connectivity index (χ0v) is 29.1. The number of nitrogens with zero attached hydrogens (tertiary/aromatic N) is 2. The summed E-state index contributed by atoms with van der Waals surface area (Å²) in [6.07, 6.45) is 0.883. The van der Waals surface area contributed by atoms with Gasteiger partial charge in [0.25, 0.3) is 10.0 Å². The summed E-state index contributed by atoms with van der Waals surface area (Å²) in [7, 11) is -2.71. The minimum atomic E-state index is -4.23. The Hall–Kier alpha value is -4.05. The van der Waals surface area contributed by atoms with Gasteiger partial charge in [0.1, 0.15) is 18.3 Å². The maximum Gasteiger partial charge on any atom is 0.264 e. The quantitative estimate of drug-likeness (QED) is 0.152. The summed E-state index contributed by atoms with van der Waals surface area (Å²) in [6, 6.07) is 26.1. The number of hydrogen-bond acceptors (Lipinski definition) is 5. The van der Waals surface area contributed by atoms with E-state index in [4.69, 9.17) is 27.9 Å². The highest BCUT2D eigenvalue weighted by molar-refractivity contribution is 7.92. The molecule has 1 N–H and O–H groups in total. The van der Waals surface area contributed by atoms with Crippen molar-refractivity contribution < 1.29 is 22.7 Å². The molecular formula is C36H39Cl2N3O5S. The molecule has 2 unspecified atom stereocenters.